The monoisotopic (exact) mass is 504 g/mol. The van der Waals surface area contributed by atoms with Gasteiger partial charge in [0.15, 0.2) is 17.0 Å². The van der Waals surface area contributed by atoms with Crippen molar-refractivity contribution in [2.45, 2.75) is 38.8 Å². The van der Waals surface area contributed by atoms with Crippen molar-refractivity contribution < 1.29 is 9.53 Å². The van der Waals surface area contributed by atoms with Gasteiger partial charge in [-0.05, 0) is 75.2 Å². The molecule has 0 radical (unpaired) electrons. The first-order valence-corrected chi connectivity index (χ1v) is 12.8. The van der Waals surface area contributed by atoms with Crippen molar-refractivity contribution >= 4 is 28.6 Å². The van der Waals surface area contributed by atoms with E-state index in [4.69, 9.17) is 9.72 Å². The maximum absolute atomic E-state index is 12.4. The van der Waals surface area contributed by atoms with E-state index in [0.717, 1.165) is 47.1 Å². The summed E-state index contributed by atoms with van der Waals surface area (Å²) in [6, 6.07) is 25.4. The second-order valence-electron chi connectivity index (χ2n) is 9.68. The summed E-state index contributed by atoms with van der Waals surface area (Å²) in [5.41, 5.74) is 3.84. The number of carbonyl (C=O) groups excluding carboxylic acids is 1. The normalized spacial score (nSPS) is 13.0. The minimum absolute atomic E-state index is 0.0334. The Labute approximate surface area is 220 Å². The van der Waals surface area contributed by atoms with Crippen LogP contribution in [0.4, 0.5) is 11.5 Å². The number of anilines is 2. The van der Waals surface area contributed by atoms with E-state index in [1.54, 1.807) is 6.33 Å². The third kappa shape index (κ3) is 4.93. The van der Waals surface area contributed by atoms with Gasteiger partial charge >= 0.3 is 0 Å². The smallest absolute Gasteiger partial charge is 0.251 e. The van der Waals surface area contributed by atoms with Crippen LogP contribution in [0, 0.1) is 0 Å². The number of carbonyl (C=O) groups is 1. The molecule has 0 atom stereocenters. The highest BCUT2D eigenvalue weighted by atomic mass is 16.5. The van der Waals surface area contributed by atoms with Crippen LogP contribution in [0.25, 0.3) is 22.6 Å². The lowest BCUT2D eigenvalue weighted by molar-refractivity contribution is 0.0951. The molecule has 6 rings (SSSR count). The molecule has 0 aliphatic heterocycles. The number of hydrogen-bond donors (Lipinski definition) is 2. The summed E-state index contributed by atoms with van der Waals surface area (Å²) in [6.07, 6.45) is 3.67. The highest BCUT2D eigenvalue weighted by Gasteiger charge is 2.24. The number of ether oxygens (including phenoxy) is 1. The second-order valence-corrected chi connectivity index (χ2v) is 9.68. The van der Waals surface area contributed by atoms with E-state index < -0.39 is 0 Å². The molecular formula is C30H28N6O2. The van der Waals surface area contributed by atoms with Gasteiger partial charge in [0.2, 0.25) is 0 Å². The summed E-state index contributed by atoms with van der Waals surface area (Å²) >= 11 is 0. The standard InChI is InChI=1S/C30H28N6O2/c1-19(2)36-28(20-8-10-21(11-9-20)30(37)34-23-12-13-23)35-26-27(31-18-32-29(26)36)33-22-14-16-25(17-15-22)38-24-6-4-3-5-7-24/h3-11,14-19,23H,12-13H2,1-2H3,(H,34,37)(H,31,32,33). The lowest BCUT2D eigenvalue weighted by atomic mass is 10.1. The van der Waals surface area contributed by atoms with Crippen molar-refractivity contribution in [3.05, 3.63) is 90.8 Å². The fourth-order valence-corrected chi connectivity index (χ4v) is 4.33. The highest BCUT2D eigenvalue weighted by Crippen LogP contribution is 2.32. The van der Waals surface area contributed by atoms with Gasteiger partial charge in [-0.25, -0.2) is 15.0 Å². The highest BCUT2D eigenvalue weighted by molar-refractivity contribution is 5.95. The molecule has 5 aromatic rings. The molecular weight excluding hydrogens is 476 g/mol. The molecule has 2 heterocycles. The summed E-state index contributed by atoms with van der Waals surface area (Å²) in [7, 11) is 0. The maximum Gasteiger partial charge on any atom is 0.251 e. The van der Waals surface area contributed by atoms with Crippen LogP contribution in [0.3, 0.4) is 0 Å². The summed E-state index contributed by atoms with van der Waals surface area (Å²) in [4.78, 5) is 26.4. The van der Waals surface area contributed by atoms with Crippen LogP contribution in [0.2, 0.25) is 0 Å². The van der Waals surface area contributed by atoms with E-state index in [2.05, 4.69) is 39.0 Å². The van der Waals surface area contributed by atoms with Crippen LogP contribution in [0.15, 0.2) is 85.2 Å². The number of hydrogen-bond acceptors (Lipinski definition) is 6. The Morgan fingerprint density at radius 2 is 1.63 bits per heavy atom. The lowest BCUT2D eigenvalue weighted by Gasteiger charge is -2.13. The van der Waals surface area contributed by atoms with E-state index in [1.807, 2.05) is 78.9 Å². The lowest BCUT2D eigenvalue weighted by Crippen LogP contribution is -2.25. The maximum atomic E-state index is 12.4. The van der Waals surface area contributed by atoms with Gasteiger partial charge < -0.3 is 19.9 Å². The van der Waals surface area contributed by atoms with Gasteiger partial charge in [0, 0.05) is 28.9 Å². The van der Waals surface area contributed by atoms with Crippen LogP contribution in [0.5, 0.6) is 11.5 Å². The van der Waals surface area contributed by atoms with E-state index in [1.165, 1.54) is 0 Å². The van der Waals surface area contributed by atoms with E-state index in [0.29, 0.717) is 22.9 Å². The Morgan fingerprint density at radius 3 is 2.32 bits per heavy atom. The molecule has 2 N–H and O–H groups in total. The van der Waals surface area contributed by atoms with Gasteiger partial charge in [0.1, 0.15) is 23.7 Å². The molecule has 0 unspecified atom stereocenters. The minimum Gasteiger partial charge on any atom is -0.457 e. The van der Waals surface area contributed by atoms with Gasteiger partial charge in [-0.2, -0.15) is 0 Å². The van der Waals surface area contributed by atoms with Gasteiger partial charge in [-0.1, -0.05) is 30.3 Å². The third-order valence-electron chi connectivity index (χ3n) is 6.41. The third-order valence-corrected chi connectivity index (χ3v) is 6.41. The molecule has 2 aromatic heterocycles. The van der Waals surface area contributed by atoms with E-state index in [-0.39, 0.29) is 11.9 Å². The van der Waals surface area contributed by atoms with Crippen LogP contribution >= 0.6 is 0 Å². The zero-order valence-electron chi connectivity index (χ0n) is 21.3. The van der Waals surface area contributed by atoms with Gasteiger partial charge in [-0.3, -0.25) is 4.79 Å². The SMILES string of the molecule is CC(C)n1c(-c2ccc(C(=O)NC3CC3)cc2)nc2c(Nc3ccc(Oc4ccccc4)cc3)ncnc21. The van der Waals surface area contributed by atoms with Crippen molar-refractivity contribution in [3.8, 4) is 22.9 Å². The first-order valence-electron chi connectivity index (χ1n) is 12.8. The van der Waals surface area contributed by atoms with E-state index in [9.17, 15) is 4.79 Å². The number of para-hydroxylation sites is 1. The molecule has 38 heavy (non-hydrogen) atoms. The van der Waals surface area contributed by atoms with Crippen LogP contribution in [-0.4, -0.2) is 31.5 Å². The summed E-state index contributed by atoms with van der Waals surface area (Å²) < 4.78 is 7.99. The number of fused-ring (bicyclic) bond motifs is 1. The number of rotatable bonds is 8. The molecule has 0 spiro atoms. The Hall–Kier alpha value is -4.72. The predicted molar refractivity (Wildman–Crippen MR) is 148 cm³/mol. The van der Waals surface area contributed by atoms with Crippen molar-refractivity contribution in [1.29, 1.82) is 0 Å². The van der Waals surface area contributed by atoms with Crippen molar-refractivity contribution in [1.82, 2.24) is 24.8 Å². The zero-order valence-corrected chi connectivity index (χ0v) is 21.3. The average molecular weight is 505 g/mol. The number of nitrogens with zero attached hydrogens (tertiary/aromatic N) is 4. The largest absolute Gasteiger partial charge is 0.457 e. The number of imidazole rings is 1. The quantitative estimate of drug-likeness (QED) is 0.250. The Kier molecular flexibility index (Phi) is 6.21. The molecule has 0 saturated heterocycles. The van der Waals surface area contributed by atoms with Gasteiger partial charge in [0.25, 0.3) is 5.91 Å². The number of benzene rings is 3. The molecule has 1 saturated carbocycles. The molecule has 1 aliphatic carbocycles. The van der Waals surface area contributed by atoms with Gasteiger partial charge in [0.05, 0.1) is 0 Å². The summed E-state index contributed by atoms with van der Waals surface area (Å²) in [5.74, 6) is 2.89. The zero-order chi connectivity index (χ0) is 26.1. The van der Waals surface area contributed by atoms with Crippen LogP contribution in [-0.2, 0) is 0 Å². The number of nitrogens with one attached hydrogen (secondary N) is 2. The first kappa shape index (κ1) is 23.7. The van der Waals surface area contributed by atoms with Gasteiger partial charge in [-0.15, -0.1) is 0 Å². The summed E-state index contributed by atoms with van der Waals surface area (Å²) in [5, 5.41) is 6.41. The van der Waals surface area contributed by atoms with Crippen molar-refractivity contribution in [2.75, 3.05) is 5.32 Å². The fourth-order valence-electron chi connectivity index (χ4n) is 4.33. The van der Waals surface area contributed by atoms with Crippen LogP contribution < -0.4 is 15.4 Å². The molecule has 3 aromatic carbocycles. The molecule has 1 aliphatic rings. The first-order chi connectivity index (χ1) is 18.5. The molecule has 8 nitrogen and oxygen atoms in total. The average Bonchev–Trinajstić information content (AvgIpc) is 3.66. The number of aromatic nitrogens is 4. The molecule has 190 valence electrons. The topological polar surface area (TPSA) is 94.0 Å². The van der Waals surface area contributed by atoms with E-state index >= 15 is 0 Å². The Morgan fingerprint density at radius 1 is 0.921 bits per heavy atom. The molecule has 1 fully saturated rings. The number of amides is 1. The fraction of sp³-hybridized carbons (Fsp3) is 0.200. The molecule has 1 amide bonds. The summed E-state index contributed by atoms with van der Waals surface area (Å²) in [6.45, 7) is 4.20. The van der Waals surface area contributed by atoms with Crippen molar-refractivity contribution in [2.24, 2.45) is 0 Å². The second kappa shape index (κ2) is 9.97. The molecule has 0 bridgehead atoms. The minimum atomic E-state index is -0.0334. The predicted octanol–water partition coefficient (Wildman–Crippen LogP) is 6.50. The Bertz CT molecular complexity index is 1570. The Balaban J connectivity index is 1.28. The van der Waals surface area contributed by atoms with Crippen LogP contribution in [0.1, 0.15) is 43.1 Å². The van der Waals surface area contributed by atoms with Crippen molar-refractivity contribution in [3.63, 3.8) is 0 Å². The molecule has 8 heteroatoms.